The van der Waals surface area contributed by atoms with Crippen LogP contribution in [0.4, 0.5) is 0 Å². The Balaban J connectivity index is 2.00. The average Bonchev–Trinajstić information content (AvgIpc) is 2.28. The van der Waals surface area contributed by atoms with Crippen LogP contribution in [0.1, 0.15) is 30.9 Å². The lowest BCUT2D eigenvalue weighted by Crippen LogP contribution is -2.44. The minimum atomic E-state index is 0.219. The van der Waals surface area contributed by atoms with Gasteiger partial charge in [-0.3, -0.25) is 4.79 Å². The molecule has 17 heavy (non-hydrogen) atoms. The van der Waals surface area contributed by atoms with E-state index in [1.54, 1.807) is 6.08 Å². The zero-order valence-corrected chi connectivity index (χ0v) is 10.5. The van der Waals surface area contributed by atoms with Crippen LogP contribution in [0.5, 0.6) is 0 Å². The summed E-state index contributed by atoms with van der Waals surface area (Å²) in [5.41, 5.74) is 1.17. The van der Waals surface area contributed by atoms with E-state index in [9.17, 15) is 4.79 Å². The van der Waals surface area contributed by atoms with E-state index in [1.165, 1.54) is 5.56 Å². The fourth-order valence-electron chi connectivity index (χ4n) is 2.09. The van der Waals surface area contributed by atoms with Gasteiger partial charge in [0.1, 0.15) is 0 Å². The molecule has 0 saturated carbocycles. The molecule has 1 aromatic carbocycles. The molecule has 0 N–H and O–H groups in total. The van der Waals surface area contributed by atoms with Crippen molar-refractivity contribution >= 4 is 17.5 Å². The second-order valence-electron chi connectivity index (χ2n) is 4.27. The van der Waals surface area contributed by atoms with Crippen molar-refractivity contribution in [2.45, 2.75) is 25.3 Å². The maximum atomic E-state index is 11.9. The number of carbonyl (C=O) groups is 1. The molecule has 0 unspecified atom stereocenters. The van der Waals surface area contributed by atoms with Crippen molar-refractivity contribution in [3.8, 4) is 0 Å². The minimum absolute atomic E-state index is 0.219. The zero-order valence-electron chi connectivity index (χ0n) is 9.73. The Kier molecular flexibility index (Phi) is 3.85. The summed E-state index contributed by atoms with van der Waals surface area (Å²) in [4.78, 5) is 13.8. The van der Waals surface area contributed by atoms with Crippen molar-refractivity contribution in [1.29, 1.82) is 0 Å². The predicted molar refractivity (Wildman–Crippen MR) is 70.0 cm³/mol. The number of likely N-dealkylation sites (tertiary alicyclic amines) is 1. The highest BCUT2D eigenvalue weighted by Crippen LogP contribution is 2.34. The van der Waals surface area contributed by atoms with Crippen LogP contribution < -0.4 is 0 Å². The molecule has 0 bridgehead atoms. The summed E-state index contributed by atoms with van der Waals surface area (Å²) in [6, 6.07) is 7.99. The second-order valence-corrected chi connectivity index (χ2v) is 4.71. The molecule has 2 nitrogen and oxygen atoms in total. The largest absolute Gasteiger partial charge is 0.335 e. The van der Waals surface area contributed by atoms with Gasteiger partial charge in [-0.05, 0) is 30.5 Å². The van der Waals surface area contributed by atoms with Crippen LogP contribution in [0.3, 0.4) is 0 Å². The Hall–Kier alpha value is -1.28. The highest BCUT2D eigenvalue weighted by molar-refractivity contribution is 6.30. The fourth-order valence-corrected chi connectivity index (χ4v) is 2.21. The molecule has 0 radical (unpaired) electrons. The molecule has 1 aromatic rings. The molecule has 1 amide bonds. The van der Waals surface area contributed by atoms with Gasteiger partial charge in [-0.25, -0.2) is 0 Å². The summed E-state index contributed by atoms with van der Waals surface area (Å²) in [7, 11) is 0. The van der Waals surface area contributed by atoms with Gasteiger partial charge in [-0.2, -0.15) is 0 Å². The summed E-state index contributed by atoms with van der Waals surface area (Å²) in [6.07, 6.45) is 4.15. The third kappa shape index (κ3) is 2.70. The van der Waals surface area contributed by atoms with Gasteiger partial charge >= 0.3 is 0 Å². The molecule has 1 atom stereocenters. The Bertz CT molecular complexity index is 413. The summed E-state index contributed by atoms with van der Waals surface area (Å²) in [5.74, 6) is 0.219. The van der Waals surface area contributed by atoms with Gasteiger partial charge in [0.05, 0.1) is 6.04 Å². The van der Waals surface area contributed by atoms with Gasteiger partial charge in [0.15, 0.2) is 0 Å². The summed E-state index contributed by atoms with van der Waals surface area (Å²) < 4.78 is 0. The lowest BCUT2D eigenvalue weighted by Gasteiger charge is -2.41. The number of benzene rings is 1. The van der Waals surface area contributed by atoms with Crippen LogP contribution in [0.2, 0.25) is 5.02 Å². The molecule has 3 heteroatoms. The van der Waals surface area contributed by atoms with E-state index in [4.69, 9.17) is 11.6 Å². The second kappa shape index (κ2) is 5.37. The molecule has 1 fully saturated rings. The SMILES string of the molecule is C=CCCC(=O)N1CC[C@H]1c1ccc(Cl)cc1. The van der Waals surface area contributed by atoms with Crippen LogP contribution in [-0.4, -0.2) is 17.4 Å². The number of hydrogen-bond donors (Lipinski definition) is 0. The first-order valence-electron chi connectivity index (χ1n) is 5.88. The molecular formula is C14H16ClNO. The van der Waals surface area contributed by atoms with Crippen molar-refractivity contribution in [1.82, 2.24) is 4.90 Å². The van der Waals surface area contributed by atoms with Gasteiger partial charge in [-0.15, -0.1) is 6.58 Å². The summed E-state index contributed by atoms with van der Waals surface area (Å²) >= 11 is 5.85. The Labute approximate surface area is 107 Å². The summed E-state index contributed by atoms with van der Waals surface area (Å²) in [6.45, 7) is 4.50. The lowest BCUT2D eigenvalue weighted by atomic mass is 9.94. The molecule has 90 valence electrons. The number of rotatable bonds is 4. The average molecular weight is 250 g/mol. The van der Waals surface area contributed by atoms with E-state index < -0.39 is 0 Å². The monoisotopic (exact) mass is 249 g/mol. The normalized spacial score (nSPS) is 18.6. The summed E-state index contributed by atoms with van der Waals surface area (Å²) in [5, 5.41) is 0.734. The van der Waals surface area contributed by atoms with Crippen molar-refractivity contribution in [2.24, 2.45) is 0 Å². The number of hydrogen-bond acceptors (Lipinski definition) is 1. The van der Waals surface area contributed by atoms with E-state index in [0.717, 1.165) is 24.4 Å². The highest BCUT2D eigenvalue weighted by Gasteiger charge is 2.32. The highest BCUT2D eigenvalue weighted by atomic mass is 35.5. The smallest absolute Gasteiger partial charge is 0.223 e. The number of amides is 1. The van der Waals surface area contributed by atoms with E-state index in [0.29, 0.717) is 6.42 Å². The van der Waals surface area contributed by atoms with Crippen molar-refractivity contribution < 1.29 is 4.79 Å². The third-order valence-corrected chi connectivity index (χ3v) is 3.41. The number of carbonyl (C=O) groups excluding carboxylic acids is 1. The van der Waals surface area contributed by atoms with Crippen LogP contribution in [0.15, 0.2) is 36.9 Å². The Morgan fingerprint density at radius 2 is 2.18 bits per heavy atom. The maximum absolute atomic E-state index is 11.9. The minimum Gasteiger partial charge on any atom is -0.335 e. The topological polar surface area (TPSA) is 20.3 Å². The number of allylic oxidation sites excluding steroid dienone is 1. The lowest BCUT2D eigenvalue weighted by molar-refractivity contribution is -0.139. The molecule has 0 aromatic heterocycles. The van der Waals surface area contributed by atoms with E-state index in [-0.39, 0.29) is 11.9 Å². The standard InChI is InChI=1S/C14H16ClNO/c1-2-3-4-14(17)16-10-9-13(16)11-5-7-12(15)8-6-11/h2,5-8,13H,1,3-4,9-10H2/t13-/m0/s1. The van der Waals surface area contributed by atoms with Gasteiger partial charge in [0.2, 0.25) is 5.91 Å². The van der Waals surface area contributed by atoms with Crippen molar-refractivity contribution in [3.63, 3.8) is 0 Å². The predicted octanol–water partition coefficient (Wildman–Crippen LogP) is 3.58. The zero-order chi connectivity index (χ0) is 12.3. The quantitative estimate of drug-likeness (QED) is 0.747. The van der Waals surface area contributed by atoms with Crippen LogP contribution >= 0.6 is 11.6 Å². The van der Waals surface area contributed by atoms with Crippen LogP contribution in [0.25, 0.3) is 0 Å². The van der Waals surface area contributed by atoms with E-state index in [2.05, 4.69) is 6.58 Å². The molecule has 1 heterocycles. The molecule has 0 spiro atoms. The molecular weight excluding hydrogens is 234 g/mol. The molecule has 2 rings (SSSR count). The maximum Gasteiger partial charge on any atom is 0.223 e. The van der Waals surface area contributed by atoms with Gasteiger partial charge in [0, 0.05) is 18.0 Å². The number of nitrogens with zero attached hydrogens (tertiary/aromatic N) is 1. The Morgan fingerprint density at radius 1 is 1.47 bits per heavy atom. The van der Waals surface area contributed by atoms with E-state index >= 15 is 0 Å². The van der Waals surface area contributed by atoms with Gasteiger partial charge < -0.3 is 4.90 Å². The number of halogens is 1. The first-order valence-corrected chi connectivity index (χ1v) is 6.26. The van der Waals surface area contributed by atoms with Gasteiger partial charge in [0.25, 0.3) is 0 Å². The van der Waals surface area contributed by atoms with Crippen LogP contribution in [0, 0.1) is 0 Å². The fraction of sp³-hybridized carbons (Fsp3) is 0.357. The molecule has 1 aliphatic heterocycles. The van der Waals surface area contributed by atoms with Crippen molar-refractivity contribution in [2.75, 3.05) is 6.54 Å². The van der Waals surface area contributed by atoms with E-state index in [1.807, 2.05) is 29.2 Å². The van der Waals surface area contributed by atoms with Gasteiger partial charge in [-0.1, -0.05) is 29.8 Å². The first kappa shape index (κ1) is 12.2. The molecule has 1 aliphatic rings. The molecule has 1 saturated heterocycles. The van der Waals surface area contributed by atoms with Crippen molar-refractivity contribution in [3.05, 3.63) is 47.5 Å². The third-order valence-electron chi connectivity index (χ3n) is 3.16. The molecule has 0 aliphatic carbocycles. The first-order chi connectivity index (χ1) is 8.22. The van der Waals surface area contributed by atoms with Crippen LogP contribution in [-0.2, 0) is 4.79 Å². The Morgan fingerprint density at radius 3 is 2.71 bits per heavy atom.